The second-order valence-corrected chi connectivity index (χ2v) is 11.4. The van der Waals surface area contributed by atoms with Crippen LogP contribution < -0.4 is 15.9 Å². The van der Waals surface area contributed by atoms with Crippen molar-refractivity contribution < 1.29 is 0 Å². The van der Waals surface area contributed by atoms with E-state index in [4.69, 9.17) is 0 Å². The van der Waals surface area contributed by atoms with Crippen LogP contribution in [-0.2, 0) is 0 Å². The molecule has 0 aromatic heterocycles. The van der Waals surface area contributed by atoms with Crippen LogP contribution in [0.4, 0.5) is 0 Å². The summed E-state index contributed by atoms with van der Waals surface area (Å²) in [5.41, 5.74) is 1.05. The minimum atomic E-state index is -1.76. The quantitative estimate of drug-likeness (QED) is 0.302. The lowest BCUT2D eigenvalue weighted by molar-refractivity contribution is 1.47. The van der Waals surface area contributed by atoms with Gasteiger partial charge in [-0.05, 0) is 48.5 Å². The Morgan fingerprint density at radius 3 is 1.15 bits per heavy atom. The predicted molar refractivity (Wildman–Crippen MR) is 122 cm³/mol. The molecule has 4 aromatic rings. The highest BCUT2D eigenvalue weighted by atomic mass is 32.2. The van der Waals surface area contributed by atoms with Crippen molar-refractivity contribution in [3.8, 4) is 0 Å². The summed E-state index contributed by atoms with van der Waals surface area (Å²) < 4.78 is 0. The highest BCUT2D eigenvalue weighted by Gasteiger charge is 2.45. The zero-order valence-electron chi connectivity index (χ0n) is 15.1. The molecule has 0 amide bonds. The molecular weight excluding hydrogens is 363 g/mol. The van der Waals surface area contributed by atoms with Crippen molar-refractivity contribution in [2.45, 2.75) is 4.90 Å². The summed E-state index contributed by atoms with van der Waals surface area (Å²) in [5, 5.41) is 4.31. The van der Waals surface area contributed by atoms with E-state index in [0.29, 0.717) is 0 Å². The van der Waals surface area contributed by atoms with Crippen molar-refractivity contribution >= 4 is 34.9 Å². The summed E-state index contributed by atoms with van der Waals surface area (Å²) in [6, 6.07) is 43.9. The fourth-order valence-corrected chi connectivity index (χ4v) is 9.85. The van der Waals surface area contributed by atoms with Gasteiger partial charge in [-0.2, -0.15) is 0 Å². The first-order valence-corrected chi connectivity index (χ1v) is 12.1. The average molecular weight is 385 g/mol. The van der Waals surface area contributed by atoms with Crippen LogP contribution in [0.25, 0.3) is 0 Å². The van der Waals surface area contributed by atoms with Crippen LogP contribution in [0.5, 0.6) is 0 Å². The van der Waals surface area contributed by atoms with Gasteiger partial charge in [0.1, 0.15) is 28.7 Å². The van der Waals surface area contributed by atoms with E-state index in [1.807, 2.05) is 11.8 Å². The number of benzene rings is 4. The Bertz CT molecular complexity index is 857. The summed E-state index contributed by atoms with van der Waals surface area (Å²) in [6.45, 7) is 0. The molecule has 0 heterocycles. The first-order chi connectivity index (χ1) is 13.4. The number of thioether (sulfide) groups is 1. The smallest absolute Gasteiger partial charge is 0.0841 e. The molecular formula is C25H22PS+. The fourth-order valence-electron chi connectivity index (χ4n) is 3.41. The van der Waals surface area contributed by atoms with E-state index in [0.717, 1.165) is 5.49 Å². The zero-order valence-corrected chi connectivity index (χ0v) is 16.8. The second-order valence-electron chi connectivity index (χ2n) is 6.40. The van der Waals surface area contributed by atoms with Crippen molar-refractivity contribution in [1.29, 1.82) is 0 Å². The summed E-state index contributed by atoms with van der Waals surface area (Å²) in [7, 11) is -1.76. The van der Waals surface area contributed by atoms with E-state index in [9.17, 15) is 0 Å². The lowest BCUT2D eigenvalue weighted by Crippen LogP contribution is -2.32. The standard InChI is InChI=1S/C25H22PS/c1-5-13-22(14-6-1)26(23-15-7-2-8-16-23,24-17-9-3-10-18-24)21-27-25-19-11-4-12-20-25/h1-20H,21H2/q+1. The monoisotopic (exact) mass is 385 g/mol. The van der Waals surface area contributed by atoms with E-state index in [-0.39, 0.29) is 0 Å². The predicted octanol–water partition coefficient (Wildman–Crippen LogP) is 5.73. The van der Waals surface area contributed by atoms with Gasteiger partial charge in [-0.25, -0.2) is 0 Å². The molecule has 2 heteroatoms. The summed E-state index contributed by atoms with van der Waals surface area (Å²) in [6.07, 6.45) is 0. The molecule has 0 aliphatic heterocycles. The molecule has 0 aliphatic carbocycles. The third-order valence-corrected chi connectivity index (χ3v) is 11.0. The van der Waals surface area contributed by atoms with Crippen molar-refractivity contribution in [1.82, 2.24) is 0 Å². The van der Waals surface area contributed by atoms with Crippen molar-refractivity contribution in [3.63, 3.8) is 0 Å². The highest BCUT2D eigenvalue weighted by Crippen LogP contribution is 2.58. The fraction of sp³-hybridized carbons (Fsp3) is 0.0400. The Balaban J connectivity index is 1.89. The molecule has 4 aromatic carbocycles. The van der Waals surface area contributed by atoms with Crippen LogP contribution in [0.15, 0.2) is 126 Å². The van der Waals surface area contributed by atoms with Gasteiger partial charge in [0, 0.05) is 4.90 Å². The van der Waals surface area contributed by atoms with E-state index < -0.39 is 7.26 Å². The summed E-state index contributed by atoms with van der Waals surface area (Å²) in [4.78, 5) is 1.32. The van der Waals surface area contributed by atoms with E-state index >= 15 is 0 Å². The van der Waals surface area contributed by atoms with Gasteiger partial charge in [-0.15, -0.1) is 0 Å². The van der Waals surface area contributed by atoms with Crippen LogP contribution in [-0.4, -0.2) is 5.49 Å². The number of hydrogen-bond acceptors (Lipinski definition) is 1. The molecule has 0 unspecified atom stereocenters. The van der Waals surface area contributed by atoms with E-state index in [1.54, 1.807) is 0 Å². The lowest BCUT2D eigenvalue weighted by atomic mass is 10.4. The highest BCUT2D eigenvalue weighted by molar-refractivity contribution is 8.13. The molecule has 0 bridgehead atoms. The Hall–Kier alpha value is -2.34. The Kier molecular flexibility index (Phi) is 5.72. The molecule has 4 rings (SSSR count). The first-order valence-electron chi connectivity index (χ1n) is 9.12. The summed E-state index contributed by atoms with van der Waals surface area (Å²) in [5.74, 6) is 0. The van der Waals surface area contributed by atoms with Crippen molar-refractivity contribution in [2.24, 2.45) is 0 Å². The molecule has 0 aliphatic rings. The van der Waals surface area contributed by atoms with Crippen LogP contribution in [0.2, 0.25) is 0 Å². The van der Waals surface area contributed by atoms with Crippen LogP contribution >= 0.6 is 19.0 Å². The topological polar surface area (TPSA) is 0 Å². The molecule has 0 fully saturated rings. The molecule has 0 radical (unpaired) electrons. The third kappa shape index (κ3) is 3.86. The van der Waals surface area contributed by atoms with Crippen LogP contribution in [0, 0.1) is 0 Å². The van der Waals surface area contributed by atoms with Crippen molar-refractivity contribution in [3.05, 3.63) is 121 Å². The van der Waals surface area contributed by atoms with Gasteiger partial charge in [0.05, 0.1) is 0 Å². The maximum absolute atomic E-state index is 2.30. The Labute approximate surface area is 166 Å². The largest absolute Gasteiger partial charge is 0.123 e. The molecule has 0 saturated heterocycles. The molecule has 0 N–H and O–H groups in total. The van der Waals surface area contributed by atoms with Crippen LogP contribution in [0.3, 0.4) is 0 Å². The number of rotatable bonds is 6. The normalized spacial score (nSPS) is 11.3. The molecule has 0 atom stereocenters. The average Bonchev–Trinajstić information content (AvgIpc) is 2.77. The molecule has 27 heavy (non-hydrogen) atoms. The second kappa shape index (κ2) is 8.57. The minimum Gasteiger partial charge on any atom is -0.0841 e. The molecule has 0 saturated carbocycles. The first kappa shape index (κ1) is 18.0. The summed E-state index contributed by atoms with van der Waals surface area (Å²) >= 11 is 1.96. The minimum absolute atomic E-state index is 1.05. The van der Waals surface area contributed by atoms with Gasteiger partial charge in [-0.1, -0.05) is 84.6 Å². The maximum Gasteiger partial charge on any atom is 0.123 e. The Morgan fingerprint density at radius 2 is 0.778 bits per heavy atom. The van der Waals surface area contributed by atoms with Crippen molar-refractivity contribution in [2.75, 3.05) is 5.49 Å². The molecule has 132 valence electrons. The van der Waals surface area contributed by atoms with E-state index in [2.05, 4.69) is 121 Å². The van der Waals surface area contributed by atoms with Gasteiger partial charge in [-0.3, -0.25) is 0 Å². The lowest BCUT2D eigenvalue weighted by Gasteiger charge is -2.27. The maximum atomic E-state index is 2.30. The van der Waals surface area contributed by atoms with Gasteiger partial charge in [0.15, 0.2) is 0 Å². The SMILES string of the molecule is c1ccc(SC[P+](c2ccccc2)(c2ccccc2)c2ccccc2)cc1. The van der Waals surface area contributed by atoms with E-state index in [1.165, 1.54) is 20.8 Å². The third-order valence-electron chi connectivity index (χ3n) is 4.76. The zero-order chi connectivity index (χ0) is 18.4. The molecule has 0 spiro atoms. The Morgan fingerprint density at radius 1 is 0.444 bits per heavy atom. The van der Waals surface area contributed by atoms with Crippen LogP contribution in [0.1, 0.15) is 0 Å². The van der Waals surface area contributed by atoms with Gasteiger partial charge in [0.2, 0.25) is 0 Å². The van der Waals surface area contributed by atoms with Gasteiger partial charge in [0.25, 0.3) is 0 Å². The molecule has 0 nitrogen and oxygen atoms in total. The van der Waals surface area contributed by atoms with Gasteiger partial charge < -0.3 is 0 Å². The van der Waals surface area contributed by atoms with Gasteiger partial charge >= 0.3 is 0 Å². The number of hydrogen-bond donors (Lipinski definition) is 0.